The molecule has 0 amide bonds. The van der Waals surface area contributed by atoms with Gasteiger partial charge in [-0.1, -0.05) is 13.8 Å². The van der Waals surface area contributed by atoms with Crippen LogP contribution in [0.25, 0.3) is 0 Å². The maximum atomic E-state index is 9.21. The molecule has 0 aromatic carbocycles. The van der Waals surface area contributed by atoms with Gasteiger partial charge in [0.15, 0.2) is 0 Å². The summed E-state index contributed by atoms with van der Waals surface area (Å²) in [6.45, 7) is 11.0. The van der Waals surface area contributed by atoms with Crippen LogP contribution < -0.4 is 5.32 Å². The molecule has 1 aliphatic heterocycles. The van der Waals surface area contributed by atoms with Gasteiger partial charge in [0.2, 0.25) is 0 Å². The average molecular weight is 186 g/mol. The van der Waals surface area contributed by atoms with E-state index < -0.39 is 0 Å². The Morgan fingerprint density at radius 1 is 1.54 bits per heavy atom. The molecule has 13 heavy (non-hydrogen) atoms. The van der Waals surface area contributed by atoms with Crippen molar-refractivity contribution in [3.63, 3.8) is 0 Å². The molecule has 1 saturated heterocycles. The Labute approximate surface area is 81.1 Å². The zero-order valence-electron chi connectivity index (χ0n) is 9.01. The summed E-state index contributed by atoms with van der Waals surface area (Å²) in [6.07, 6.45) is 0. The van der Waals surface area contributed by atoms with Gasteiger partial charge in [0.05, 0.1) is 12.1 Å². The summed E-state index contributed by atoms with van der Waals surface area (Å²) in [4.78, 5) is 2.43. The lowest BCUT2D eigenvalue weighted by Gasteiger charge is -2.41. The molecule has 2 N–H and O–H groups in total. The molecule has 1 fully saturated rings. The number of aliphatic hydroxyl groups excluding tert-OH is 1. The molecule has 1 aliphatic rings. The predicted molar refractivity (Wildman–Crippen MR) is 54.8 cm³/mol. The fourth-order valence-electron chi connectivity index (χ4n) is 1.92. The summed E-state index contributed by atoms with van der Waals surface area (Å²) in [5, 5.41) is 12.6. The Morgan fingerprint density at radius 2 is 2.23 bits per heavy atom. The highest BCUT2D eigenvalue weighted by Gasteiger charge is 2.29. The fraction of sp³-hybridized carbons (Fsp3) is 1.00. The van der Waals surface area contributed by atoms with Gasteiger partial charge in [-0.25, -0.2) is 0 Å². The lowest BCUT2D eigenvalue weighted by atomic mass is 10.00. The van der Waals surface area contributed by atoms with Gasteiger partial charge >= 0.3 is 0 Å². The van der Waals surface area contributed by atoms with E-state index in [0.717, 1.165) is 26.2 Å². The van der Waals surface area contributed by atoms with Crippen LogP contribution in [0.3, 0.4) is 0 Å². The summed E-state index contributed by atoms with van der Waals surface area (Å²) in [5.74, 6) is 0.709. The topological polar surface area (TPSA) is 35.5 Å². The van der Waals surface area contributed by atoms with E-state index in [1.807, 2.05) is 0 Å². The minimum atomic E-state index is -0.0901. The van der Waals surface area contributed by atoms with Gasteiger partial charge < -0.3 is 10.4 Å². The van der Waals surface area contributed by atoms with Gasteiger partial charge in [0.25, 0.3) is 0 Å². The molecule has 0 aromatic heterocycles. The summed E-state index contributed by atoms with van der Waals surface area (Å²) >= 11 is 0. The van der Waals surface area contributed by atoms with E-state index in [0.29, 0.717) is 5.92 Å². The van der Waals surface area contributed by atoms with Crippen LogP contribution in [0.2, 0.25) is 0 Å². The Kier molecular flexibility index (Phi) is 3.71. The Balaban J connectivity index is 2.42. The predicted octanol–water partition coefficient (Wildman–Crippen LogP) is 0.299. The van der Waals surface area contributed by atoms with E-state index in [1.165, 1.54) is 0 Å². The number of aliphatic hydroxyl groups is 1. The first-order valence-electron chi connectivity index (χ1n) is 5.14. The number of rotatable bonds is 3. The second kappa shape index (κ2) is 4.40. The summed E-state index contributed by atoms with van der Waals surface area (Å²) < 4.78 is 0. The second-order valence-electron chi connectivity index (χ2n) is 4.77. The van der Waals surface area contributed by atoms with Crippen molar-refractivity contribution >= 4 is 0 Å². The van der Waals surface area contributed by atoms with Crippen molar-refractivity contribution in [2.45, 2.75) is 26.3 Å². The minimum Gasteiger partial charge on any atom is -0.394 e. The van der Waals surface area contributed by atoms with Crippen molar-refractivity contribution < 1.29 is 5.11 Å². The molecule has 1 heterocycles. The maximum absolute atomic E-state index is 9.21. The highest BCUT2D eigenvalue weighted by molar-refractivity contribution is 4.90. The van der Waals surface area contributed by atoms with Crippen molar-refractivity contribution in [1.29, 1.82) is 0 Å². The van der Waals surface area contributed by atoms with E-state index in [-0.39, 0.29) is 12.1 Å². The molecular formula is C10H22N2O. The average Bonchev–Trinajstić information content (AvgIpc) is 2.03. The highest BCUT2D eigenvalue weighted by atomic mass is 16.3. The van der Waals surface area contributed by atoms with Crippen LogP contribution in [0.15, 0.2) is 0 Å². The van der Waals surface area contributed by atoms with Gasteiger partial charge in [-0.2, -0.15) is 0 Å². The van der Waals surface area contributed by atoms with Gasteiger partial charge in [-0.3, -0.25) is 4.90 Å². The first-order chi connectivity index (χ1) is 6.06. The van der Waals surface area contributed by atoms with Gasteiger partial charge in [-0.15, -0.1) is 0 Å². The molecule has 0 aromatic rings. The van der Waals surface area contributed by atoms with Crippen LogP contribution in [0.4, 0.5) is 0 Å². The molecule has 0 radical (unpaired) electrons. The molecule has 1 rings (SSSR count). The third kappa shape index (κ3) is 3.25. The summed E-state index contributed by atoms with van der Waals surface area (Å²) in [5.41, 5.74) is -0.0901. The third-order valence-electron chi connectivity index (χ3n) is 2.52. The molecule has 78 valence electrons. The van der Waals surface area contributed by atoms with Crippen LogP contribution in [0.5, 0.6) is 0 Å². The van der Waals surface area contributed by atoms with E-state index in [4.69, 9.17) is 0 Å². The molecule has 1 atom stereocenters. The van der Waals surface area contributed by atoms with Gasteiger partial charge in [0, 0.05) is 26.2 Å². The molecule has 0 spiro atoms. The third-order valence-corrected chi connectivity index (χ3v) is 2.52. The van der Waals surface area contributed by atoms with E-state index >= 15 is 0 Å². The minimum absolute atomic E-state index is 0.0901. The van der Waals surface area contributed by atoms with Crippen molar-refractivity contribution in [2.75, 3.05) is 32.8 Å². The summed E-state index contributed by atoms with van der Waals surface area (Å²) in [6, 6.07) is 0. The number of piperazine rings is 1. The standard InChI is InChI=1S/C10H22N2O/c1-9(2)6-12-5-4-11-10(3,7-12)8-13/h9,11,13H,4-8H2,1-3H3. The monoisotopic (exact) mass is 186 g/mol. The van der Waals surface area contributed by atoms with Crippen molar-refractivity contribution in [3.8, 4) is 0 Å². The van der Waals surface area contributed by atoms with E-state index in [1.54, 1.807) is 0 Å². The molecule has 1 unspecified atom stereocenters. The Bertz CT molecular complexity index is 161. The number of nitrogens with zero attached hydrogens (tertiary/aromatic N) is 1. The van der Waals surface area contributed by atoms with Crippen molar-refractivity contribution in [3.05, 3.63) is 0 Å². The Hall–Kier alpha value is -0.120. The first-order valence-corrected chi connectivity index (χ1v) is 5.14. The zero-order chi connectivity index (χ0) is 9.90. The van der Waals surface area contributed by atoms with Crippen LogP contribution in [0.1, 0.15) is 20.8 Å². The van der Waals surface area contributed by atoms with Crippen LogP contribution >= 0.6 is 0 Å². The Morgan fingerprint density at radius 3 is 2.77 bits per heavy atom. The lowest BCUT2D eigenvalue weighted by Crippen LogP contribution is -2.61. The van der Waals surface area contributed by atoms with Crippen LogP contribution in [-0.4, -0.2) is 48.3 Å². The molecule has 3 heteroatoms. The SMILES string of the molecule is CC(C)CN1CCNC(C)(CO)C1. The molecule has 3 nitrogen and oxygen atoms in total. The number of nitrogens with one attached hydrogen (secondary N) is 1. The quantitative estimate of drug-likeness (QED) is 0.665. The molecule has 0 bridgehead atoms. The number of hydrogen-bond donors (Lipinski definition) is 2. The molecule has 0 aliphatic carbocycles. The van der Waals surface area contributed by atoms with Crippen molar-refractivity contribution in [1.82, 2.24) is 10.2 Å². The smallest absolute Gasteiger partial charge is 0.0623 e. The second-order valence-corrected chi connectivity index (χ2v) is 4.77. The van der Waals surface area contributed by atoms with E-state index in [9.17, 15) is 5.11 Å². The fourth-order valence-corrected chi connectivity index (χ4v) is 1.92. The van der Waals surface area contributed by atoms with Crippen LogP contribution in [0, 0.1) is 5.92 Å². The first kappa shape index (κ1) is 11.0. The molecule has 0 saturated carbocycles. The van der Waals surface area contributed by atoms with E-state index in [2.05, 4.69) is 31.0 Å². The maximum Gasteiger partial charge on any atom is 0.0623 e. The van der Waals surface area contributed by atoms with Crippen molar-refractivity contribution in [2.24, 2.45) is 5.92 Å². The summed E-state index contributed by atoms with van der Waals surface area (Å²) in [7, 11) is 0. The van der Waals surface area contributed by atoms with Gasteiger partial charge in [-0.05, 0) is 12.8 Å². The molecular weight excluding hydrogens is 164 g/mol. The zero-order valence-corrected chi connectivity index (χ0v) is 9.01. The lowest BCUT2D eigenvalue weighted by molar-refractivity contribution is 0.0811. The highest BCUT2D eigenvalue weighted by Crippen LogP contribution is 2.11. The van der Waals surface area contributed by atoms with Crippen LogP contribution in [-0.2, 0) is 0 Å². The largest absolute Gasteiger partial charge is 0.394 e. The van der Waals surface area contributed by atoms with Gasteiger partial charge in [0.1, 0.15) is 0 Å². The number of hydrogen-bond acceptors (Lipinski definition) is 3. The normalized spacial score (nSPS) is 31.2.